The van der Waals surface area contributed by atoms with E-state index in [2.05, 4.69) is 39.1 Å². The average molecular weight is 901 g/mol. The van der Waals surface area contributed by atoms with E-state index < -0.39 is 23.3 Å². The molecule has 4 aliphatic carbocycles. The van der Waals surface area contributed by atoms with Crippen LogP contribution >= 0.6 is 72.3 Å². The molecule has 2 aromatic carbocycles. The van der Waals surface area contributed by atoms with Crippen LogP contribution in [0.4, 0.5) is 17.6 Å². The standard InChI is InChI=1S/C24H32F2S4.C18H20F2O2.C3H8S2/c1-3-7-15-13-17-18-14-16(8-4-2)24(29-11-6-12-30-24)20(18)22(26)21(25)19(17)23(15)27-9-5-10-28-23;1-3-5-9-7-11-12-8-10(6-4-2)18(22)14(12)16(20)15(19)13(11)17(9)21;4-2-1-3-5/h15-16H,3-14H2,1-2H3;9-10H,3-8H2,1-2H3;4-5H,1-3H2. The number of halogens is 4. The fourth-order valence-corrected chi connectivity index (χ4v) is 18.5. The highest BCUT2D eigenvalue weighted by Gasteiger charge is 2.57. The summed E-state index contributed by atoms with van der Waals surface area (Å²) >= 11 is 15.6. The Morgan fingerprint density at radius 2 is 0.877 bits per heavy atom. The van der Waals surface area contributed by atoms with Crippen molar-refractivity contribution in [3.05, 3.63) is 67.8 Å². The summed E-state index contributed by atoms with van der Waals surface area (Å²) < 4.78 is 60.3. The van der Waals surface area contributed by atoms with Gasteiger partial charge in [0.25, 0.3) is 0 Å². The molecule has 2 aromatic rings. The summed E-state index contributed by atoms with van der Waals surface area (Å²) in [5.74, 6) is 2.75. The lowest BCUT2D eigenvalue weighted by Gasteiger charge is -2.40. The topological polar surface area (TPSA) is 34.1 Å². The fraction of sp³-hybridized carbons (Fsp3) is 0.689. The van der Waals surface area contributed by atoms with Crippen LogP contribution in [-0.2, 0) is 33.8 Å². The van der Waals surface area contributed by atoms with E-state index in [1.807, 2.05) is 60.9 Å². The molecule has 2 spiro atoms. The number of hydrogen-bond donors (Lipinski definition) is 2. The molecule has 316 valence electrons. The number of Topliss-reactive ketones (excluding diaryl/α,β-unsaturated/α-hetero) is 2. The van der Waals surface area contributed by atoms with E-state index in [1.54, 1.807) is 0 Å². The smallest absolute Gasteiger partial charge is 0.170 e. The fourth-order valence-electron chi connectivity index (χ4n) is 10.3. The summed E-state index contributed by atoms with van der Waals surface area (Å²) in [4.78, 5) is 24.7. The Labute approximate surface area is 366 Å². The maximum Gasteiger partial charge on any atom is 0.170 e. The van der Waals surface area contributed by atoms with Gasteiger partial charge >= 0.3 is 0 Å². The molecule has 12 heteroatoms. The second-order valence-corrected chi connectivity index (χ2v) is 23.2. The van der Waals surface area contributed by atoms with Gasteiger partial charge in [0.2, 0.25) is 0 Å². The predicted octanol–water partition coefficient (Wildman–Crippen LogP) is 13.5. The van der Waals surface area contributed by atoms with Crippen LogP contribution in [0, 0.1) is 46.9 Å². The molecule has 0 radical (unpaired) electrons. The van der Waals surface area contributed by atoms with Crippen LogP contribution in [0.2, 0.25) is 0 Å². The van der Waals surface area contributed by atoms with E-state index in [1.165, 1.54) is 24.0 Å². The molecule has 0 bridgehead atoms. The van der Waals surface area contributed by atoms with Gasteiger partial charge in [0.1, 0.15) is 0 Å². The molecule has 2 nitrogen and oxygen atoms in total. The van der Waals surface area contributed by atoms with Gasteiger partial charge in [-0.25, -0.2) is 17.6 Å². The van der Waals surface area contributed by atoms with Crippen LogP contribution in [0.25, 0.3) is 0 Å². The summed E-state index contributed by atoms with van der Waals surface area (Å²) in [6.45, 7) is 8.41. The van der Waals surface area contributed by atoms with Gasteiger partial charge in [-0.05, 0) is 139 Å². The first-order chi connectivity index (χ1) is 27.5. The van der Waals surface area contributed by atoms with Gasteiger partial charge < -0.3 is 0 Å². The molecule has 2 aliphatic heterocycles. The van der Waals surface area contributed by atoms with Gasteiger partial charge in [0, 0.05) is 23.0 Å². The molecule has 2 heterocycles. The predicted molar refractivity (Wildman–Crippen MR) is 245 cm³/mol. The molecule has 0 amide bonds. The van der Waals surface area contributed by atoms with Crippen molar-refractivity contribution in [3.8, 4) is 0 Å². The molecule has 0 N–H and O–H groups in total. The van der Waals surface area contributed by atoms with E-state index in [0.29, 0.717) is 48.6 Å². The third-order valence-electron chi connectivity index (χ3n) is 12.7. The highest BCUT2D eigenvalue weighted by molar-refractivity contribution is 8.18. The van der Waals surface area contributed by atoms with E-state index in [-0.39, 0.29) is 42.7 Å². The Hall–Kier alpha value is -0.400. The Morgan fingerprint density at radius 3 is 1.18 bits per heavy atom. The molecular formula is C45H60F4O2S6. The number of carbonyl (C=O) groups is 2. The lowest BCUT2D eigenvalue weighted by Crippen LogP contribution is -2.31. The number of ketones is 2. The quantitative estimate of drug-likeness (QED) is 0.183. The van der Waals surface area contributed by atoms with Crippen molar-refractivity contribution in [3.63, 3.8) is 0 Å². The molecule has 57 heavy (non-hydrogen) atoms. The number of rotatable bonds is 10. The van der Waals surface area contributed by atoms with Crippen molar-refractivity contribution in [1.82, 2.24) is 0 Å². The van der Waals surface area contributed by atoms with Crippen LogP contribution in [0.5, 0.6) is 0 Å². The second-order valence-electron chi connectivity index (χ2n) is 16.4. The number of carbonyl (C=O) groups excluding carboxylic acids is 2. The van der Waals surface area contributed by atoms with Gasteiger partial charge in [0.15, 0.2) is 34.8 Å². The van der Waals surface area contributed by atoms with Crippen molar-refractivity contribution in [2.24, 2.45) is 23.7 Å². The maximum atomic E-state index is 16.0. The summed E-state index contributed by atoms with van der Waals surface area (Å²) in [6.07, 6.45) is 13.7. The Kier molecular flexibility index (Phi) is 16.3. The average Bonchev–Trinajstić information content (AvgIpc) is 3.91. The van der Waals surface area contributed by atoms with E-state index in [0.717, 1.165) is 103 Å². The first kappa shape index (κ1) is 46.1. The molecule has 2 fully saturated rings. The first-order valence-electron chi connectivity index (χ1n) is 21.4. The molecule has 0 saturated carbocycles. The molecule has 4 unspecified atom stereocenters. The normalized spacial score (nSPS) is 24.8. The van der Waals surface area contributed by atoms with Gasteiger partial charge in [-0.3, -0.25) is 9.59 Å². The zero-order valence-electron chi connectivity index (χ0n) is 34.0. The largest absolute Gasteiger partial charge is 0.294 e. The number of benzene rings is 2. The minimum Gasteiger partial charge on any atom is -0.294 e. The minimum absolute atomic E-state index is 0.0837. The van der Waals surface area contributed by atoms with Gasteiger partial charge in [-0.2, -0.15) is 25.3 Å². The summed E-state index contributed by atoms with van der Waals surface area (Å²) in [5, 5.41) is 0. The minimum atomic E-state index is -1.11. The number of hydrogen-bond acceptors (Lipinski definition) is 8. The zero-order chi connectivity index (χ0) is 41.1. The van der Waals surface area contributed by atoms with Crippen molar-refractivity contribution in [1.29, 1.82) is 0 Å². The summed E-state index contributed by atoms with van der Waals surface area (Å²) in [5.41, 5.74) is 5.01. The Balaban J connectivity index is 0.000000179. The molecule has 2 saturated heterocycles. The van der Waals surface area contributed by atoms with Crippen molar-refractivity contribution in [2.45, 2.75) is 132 Å². The third-order valence-corrected chi connectivity index (χ3v) is 20.6. The lowest BCUT2D eigenvalue weighted by atomic mass is 9.96. The van der Waals surface area contributed by atoms with Crippen molar-refractivity contribution in [2.75, 3.05) is 34.5 Å². The molecule has 6 aliphatic rings. The van der Waals surface area contributed by atoms with Crippen LogP contribution in [0.1, 0.15) is 152 Å². The first-order valence-corrected chi connectivity index (χ1v) is 26.6. The van der Waals surface area contributed by atoms with Crippen LogP contribution in [0.15, 0.2) is 0 Å². The Bertz CT molecular complexity index is 1660. The van der Waals surface area contributed by atoms with Crippen molar-refractivity contribution >= 4 is 83.9 Å². The monoisotopic (exact) mass is 900 g/mol. The van der Waals surface area contributed by atoms with Gasteiger partial charge in [0.05, 0.1) is 19.3 Å². The number of thioether (sulfide) groups is 4. The van der Waals surface area contributed by atoms with Crippen LogP contribution in [-0.4, -0.2) is 46.1 Å². The zero-order valence-corrected chi connectivity index (χ0v) is 39.1. The van der Waals surface area contributed by atoms with Crippen LogP contribution < -0.4 is 0 Å². The third kappa shape index (κ3) is 8.44. The van der Waals surface area contributed by atoms with Gasteiger partial charge in [-0.1, -0.05) is 53.4 Å². The van der Waals surface area contributed by atoms with Gasteiger partial charge in [-0.15, -0.1) is 47.0 Å². The summed E-state index contributed by atoms with van der Waals surface area (Å²) in [7, 11) is 0. The van der Waals surface area contributed by atoms with E-state index >= 15 is 8.78 Å². The highest BCUT2D eigenvalue weighted by Crippen LogP contribution is 2.68. The van der Waals surface area contributed by atoms with Crippen LogP contribution in [0.3, 0.4) is 0 Å². The number of thiol groups is 2. The number of fused-ring (bicyclic) bond motifs is 8. The highest BCUT2D eigenvalue weighted by atomic mass is 32.2. The molecule has 0 aromatic heterocycles. The molecular weight excluding hydrogens is 841 g/mol. The van der Waals surface area contributed by atoms with E-state index in [9.17, 15) is 18.4 Å². The molecule has 8 rings (SSSR count). The summed E-state index contributed by atoms with van der Waals surface area (Å²) in [6, 6.07) is 0. The SMILES string of the molecule is CCCC1Cc2c3c(c(F)c(F)c2C12SCCCS2)C1(SCCCS1)C(CCC)C3.CCCC1Cc2c3c(c(F)c(F)c2C1=O)C(=O)C(CCC)C3.SCCCS. The second kappa shape index (κ2) is 20.2. The lowest BCUT2D eigenvalue weighted by molar-refractivity contribution is 0.0914. The van der Waals surface area contributed by atoms with E-state index in [4.69, 9.17) is 0 Å². The van der Waals surface area contributed by atoms with Crippen molar-refractivity contribution < 1.29 is 27.2 Å². The Morgan fingerprint density at radius 1 is 0.526 bits per heavy atom. The maximum absolute atomic E-state index is 16.0. The molecule has 4 atom stereocenters.